The predicted octanol–water partition coefficient (Wildman–Crippen LogP) is 3.90. The van der Waals surface area contributed by atoms with Crippen LogP contribution in [0.3, 0.4) is 0 Å². The Morgan fingerprint density at radius 2 is 1.95 bits per heavy atom. The van der Waals surface area contributed by atoms with Gasteiger partial charge in [-0.2, -0.15) is 5.06 Å². The summed E-state index contributed by atoms with van der Waals surface area (Å²) in [5.41, 5.74) is 0.131. The zero-order chi connectivity index (χ0) is 16.0. The van der Waals surface area contributed by atoms with Gasteiger partial charge in [0.15, 0.2) is 0 Å². The summed E-state index contributed by atoms with van der Waals surface area (Å²) in [6.07, 6.45) is 0. The minimum Gasteiger partial charge on any atom is -0.336 e. The molecule has 1 amide bonds. The fraction of sp³-hybridized carbons (Fsp3) is 0.429. The van der Waals surface area contributed by atoms with E-state index in [1.807, 2.05) is 24.3 Å². The van der Waals surface area contributed by atoms with Crippen LogP contribution in [0.2, 0.25) is 0 Å². The van der Waals surface area contributed by atoms with Gasteiger partial charge in [0.25, 0.3) is 5.91 Å². The molecule has 21 heavy (non-hydrogen) atoms. The van der Waals surface area contributed by atoms with E-state index >= 15 is 0 Å². The molecule has 1 aromatic carbocycles. The average molecular weight is 442 g/mol. The first-order valence-electron chi connectivity index (χ1n) is 6.20. The minimum absolute atomic E-state index is 0.152. The number of hydroxylamine groups is 2. The molecule has 0 spiro atoms. The number of benzene rings is 1. The lowest BCUT2D eigenvalue weighted by Crippen LogP contribution is -2.42. The van der Waals surface area contributed by atoms with Crippen molar-refractivity contribution in [2.45, 2.75) is 20.4 Å². The molecule has 0 aliphatic rings. The number of hydrogen-bond acceptors (Lipinski definition) is 3. The van der Waals surface area contributed by atoms with Crippen molar-refractivity contribution in [3.63, 3.8) is 0 Å². The van der Waals surface area contributed by atoms with Crippen molar-refractivity contribution in [2.75, 3.05) is 11.2 Å². The highest BCUT2D eigenvalue weighted by Crippen LogP contribution is 2.25. The second-order valence-corrected chi connectivity index (χ2v) is 6.73. The largest absolute Gasteiger partial charge is 0.347 e. The highest BCUT2D eigenvalue weighted by atomic mass is 79.9. The molecule has 0 fully saturated rings. The molecule has 0 aliphatic heterocycles. The fourth-order valence-corrected chi connectivity index (χ4v) is 2.17. The molecule has 0 N–H and O–H groups in total. The summed E-state index contributed by atoms with van der Waals surface area (Å²) in [4.78, 5) is 29.0. The highest BCUT2D eigenvalue weighted by Gasteiger charge is 2.33. The first-order valence-corrected chi connectivity index (χ1v) is 8.65. The number of alkyl halides is 2. The lowest BCUT2D eigenvalue weighted by atomic mass is 9.95. The van der Waals surface area contributed by atoms with E-state index in [4.69, 9.17) is 16.4 Å². The van der Waals surface area contributed by atoms with Crippen molar-refractivity contribution in [2.24, 2.45) is 5.41 Å². The number of rotatable bonds is 5. The van der Waals surface area contributed by atoms with Crippen molar-refractivity contribution < 1.29 is 14.4 Å². The Bertz CT molecular complexity index is 523. The minimum atomic E-state index is -0.701. The molecule has 0 saturated carbocycles. The lowest BCUT2D eigenvalue weighted by molar-refractivity contribution is -0.203. The molecule has 7 heteroatoms. The monoisotopic (exact) mass is 439 g/mol. The van der Waals surface area contributed by atoms with Gasteiger partial charge in [0, 0.05) is 9.80 Å². The van der Waals surface area contributed by atoms with Crippen molar-refractivity contribution in [3.8, 4) is 0 Å². The zero-order valence-electron chi connectivity index (χ0n) is 11.7. The van der Waals surface area contributed by atoms with Gasteiger partial charge in [-0.05, 0) is 11.6 Å². The van der Waals surface area contributed by atoms with Crippen LogP contribution in [0.5, 0.6) is 0 Å². The molecule has 1 rings (SSSR count). The maximum atomic E-state index is 12.5. The van der Waals surface area contributed by atoms with Crippen molar-refractivity contribution in [1.29, 1.82) is 0 Å². The highest BCUT2D eigenvalue weighted by molar-refractivity contribution is 9.10. The maximum Gasteiger partial charge on any atom is 0.347 e. The molecule has 0 radical (unpaired) electrons. The third-order valence-corrected chi connectivity index (χ3v) is 5.13. The van der Waals surface area contributed by atoms with Gasteiger partial charge in [0.05, 0.1) is 12.0 Å². The molecule has 0 unspecified atom stereocenters. The van der Waals surface area contributed by atoms with E-state index in [0.29, 0.717) is 5.33 Å². The molecule has 0 heterocycles. The smallest absolute Gasteiger partial charge is 0.336 e. The summed E-state index contributed by atoms with van der Waals surface area (Å²) in [7, 11) is 0. The molecule has 116 valence electrons. The summed E-state index contributed by atoms with van der Waals surface area (Å²) in [5.74, 6) is -1.27. The normalized spacial score (nSPS) is 11.1. The standard InChI is InChI=1S/C14H16Br2ClNO3/c1-14(2,9-15)13(20)18(21-12(19)7-17)8-10-5-3-4-6-11(10)16/h3-6H,7-9H2,1-2H3. The third kappa shape index (κ3) is 5.27. The molecule has 0 bridgehead atoms. The number of carbonyl (C=O) groups excluding carboxylic acids is 2. The van der Waals surface area contributed by atoms with Gasteiger partial charge in [-0.3, -0.25) is 4.79 Å². The molecule has 1 aromatic rings. The first-order chi connectivity index (χ1) is 9.81. The maximum absolute atomic E-state index is 12.5. The molecular formula is C14H16Br2ClNO3. The second-order valence-electron chi connectivity index (χ2n) is 5.05. The Morgan fingerprint density at radius 1 is 1.33 bits per heavy atom. The topological polar surface area (TPSA) is 46.6 Å². The SMILES string of the molecule is CC(C)(CBr)C(=O)N(Cc1ccccc1Br)OC(=O)CCl. The number of carbonyl (C=O) groups is 2. The van der Waals surface area contributed by atoms with Crippen LogP contribution >= 0.6 is 43.5 Å². The summed E-state index contributed by atoms with van der Waals surface area (Å²) in [5, 5.41) is 1.51. The number of nitrogens with zero attached hydrogens (tertiary/aromatic N) is 1. The van der Waals surface area contributed by atoms with Crippen LogP contribution in [0.4, 0.5) is 0 Å². The van der Waals surface area contributed by atoms with Gasteiger partial charge < -0.3 is 4.84 Å². The van der Waals surface area contributed by atoms with Crippen LogP contribution in [-0.4, -0.2) is 28.1 Å². The average Bonchev–Trinajstić information content (AvgIpc) is 2.47. The number of halogens is 3. The third-order valence-electron chi connectivity index (χ3n) is 2.73. The molecule has 0 saturated heterocycles. The predicted molar refractivity (Wildman–Crippen MR) is 89.1 cm³/mol. The Morgan fingerprint density at radius 3 is 2.48 bits per heavy atom. The van der Waals surface area contributed by atoms with Gasteiger partial charge in [-0.25, -0.2) is 4.79 Å². The fourth-order valence-electron chi connectivity index (χ4n) is 1.47. The Balaban J connectivity index is 3.00. The van der Waals surface area contributed by atoms with E-state index < -0.39 is 11.4 Å². The summed E-state index contributed by atoms with van der Waals surface area (Å²) in [6.45, 7) is 3.69. The molecular weight excluding hydrogens is 425 g/mol. The van der Waals surface area contributed by atoms with Crippen molar-refractivity contribution in [3.05, 3.63) is 34.3 Å². The first kappa shape index (κ1) is 18.5. The van der Waals surface area contributed by atoms with Crippen LogP contribution in [0, 0.1) is 5.41 Å². The van der Waals surface area contributed by atoms with Gasteiger partial charge in [0.1, 0.15) is 5.88 Å². The Labute approximate surface area is 146 Å². The number of hydrogen-bond donors (Lipinski definition) is 0. The van der Waals surface area contributed by atoms with Gasteiger partial charge in [-0.15, -0.1) is 11.6 Å². The Kier molecular flexibility index (Phi) is 7.16. The summed E-state index contributed by atoms with van der Waals surface area (Å²) < 4.78 is 0.835. The van der Waals surface area contributed by atoms with Crippen LogP contribution < -0.4 is 0 Å². The van der Waals surface area contributed by atoms with Gasteiger partial charge >= 0.3 is 5.97 Å². The lowest BCUT2D eigenvalue weighted by Gasteiger charge is -2.29. The van der Waals surface area contributed by atoms with E-state index in [-0.39, 0.29) is 18.3 Å². The van der Waals surface area contributed by atoms with Gasteiger partial charge in [0.2, 0.25) is 0 Å². The quantitative estimate of drug-likeness (QED) is 0.514. The molecule has 0 atom stereocenters. The summed E-state index contributed by atoms with van der Waals surface area (Å²) in [6, 6.07) is 7.42. The van der Waals surface area contributed by atoms with E-state index in [0.717, 1.165) is 15.1 Å². The molecule has 0 aromatic heterocycles. The van der Waals surface area contributed by atoms with Crippen LogP contribution in [0.25, 0.3) is 0 Å². The van der Waals surface area contributed by atoms with Crippen LogP contribution in [-0.2, 0) is 21.0 Å². The molecule has 0 aliphatic carbocycles. The van der Waals surface area contributed by atoms with E-state index in [1.165, 1.54) is 0 Å². The second kappa shape index (κ2) is 8.15. The zero-order valence-corrected chi connectivity index (χ0v) is 15.7. The molecule has 4 nitrogen and oxygen atoms in total. The van der Waals surface area contributed by atoms with Crippen LogP contribution in [0.15, 0.2) is 28.7 Å². The Hall–Kier alpha value is -0.590. The van der Waals surface area contributed by atoms with Crippen molar-refractivity contribution in [1.82, 2.24) is 5.06 Å². The van der Waals surface area contributed by atoms with Gasteiger partial charge in [-0.1, -0.05) is 63.9 Å². The van der Waals surface area contributed by atoms with Crippen LogP contribution in [0.1, 0.15) is 19.4 Å². The van der Waals surface area contributed by atoms with E-state index in [1.54, 1.807) is 13.8 Å². The van der Waals surface area contributed by atoms with E-state index in [9.17, 15) is 9.59 Å². The number of amides is 1. The van der Waals surface area contributed by atoms with Crippen molar-refractivity contribution >= 4 is 55.3 Å². The van der Waals surface area contributed by atoms with E-state index in [2.05, 4.69) is 31.9 Å². The summed E-state index contributed by atoms with van der Waals surface area (Å²) >= 11 is 12.2.